The van der Waals surface area contributed by atoms with Crippen molar-refractivity contribution in [3.8, 4) is 0 Å². The van der Waals surface area contributed by atoms with Crippen LogP contribution in [0.15, 0.2) is 16.8 Å². The van der Waals surface area contributed by atoms with Crippen LogP contribution >= 0.6 is 11.3 Å². The number of unbranched alkanes of at least 4 members (excludes halogenated alkanes) is 1. The van der Waals surface area contributed by atoms with Crippen molar-refractivity contribution in [2.75, 3.05) is 0 Å². The van der Waals surface area contributed by atoms with Crippen molar-refractivity contribution >= 4 is 11.3 Å². The average Bonchev–Trinajstić information content (AvgIpc) is 2.71. The smallest absolute Gasteiger partial charge is 0.0331 e. The van der Waals surface area contributed by atoms with Gasteiger partial charge >= 0.3 is 0 Å². The monoisotopic (exact) mass is 211 g/mol. The lowest BCUT2D eigenvalue weighted by atomic mass is 9.89. The molecule has 0 aromatic carbocycles. The summed E-state index contributed by atoms with van der Waals surface area (Å²) in [7, 11) is 0. The number of hydrogen-bond acceptors (Lipinski definition) is 2. The molecule has 0 aliphatic heterocycles. The second kappa shape index (κ2) is 6.20. The van der Waals surface area contributed by atoms with Gasteiger partial charge in [0, 0.05) is 6.04 Å². The Morgan fingerprint density at radius 1 is 1.43 bits per heavy atom. The lowest BCUT2D eigenvalue weighted by molar-refractivity contribution is 0.379. The van der Waals surface area contributed by atoms with Crippen molar-refractivity contribution in [3.63, 3.8) is 0 Å². The highest BCUT2D eigenvalue weighted by Gasteiger charge is 2.17. The molecule has 0 amide bonds. The third kappa shape index (κ3) is 3.10. The van der Waals surface area contributed by atoms with Crippen molar-refractivity contribution in [2.24, 2.45) is 11.7 Å². The molecule has 14 heavy (non-hydrogen) atoms. The Morgan fingerprint density at radius 2 is 2.21 bits per heavy atom. The molecule has 1 aromatic heterocycles. The van der Waals surface area contributed by atoms with Gasteiger partial charge in [-0.05, 0) is 34.7 Å². The molecule has 0 bridgehead atoms. The van der Waals surface area contributed by atoms with E-state index >= 15 is 0 Å². The maximum absolute atomic E-state index is 6.24. The molecule has 0 radical (unpaired) electrons. The molecular formula is C12H21NS. The van der Waals surface area contributed by atoms with Gasteiger partial charge in [0.15, 0.2) is 0 Å². The predicted molar refractivity (Wildman–Crippen MR) is 64.6 cm³/mol. The zero-order chi connectivity index (χ0) is 10.4. The minimum Gasteiger partial charge on any atom is -0.324 e. The molecule has 1 nitrogen and oxygen atoms in total. The summed E-state index contributed by atoms with van der Waals surface area (Å²) < 4.78 is 0. The number of nitrogens with two attached hydrogens (primary N) is 1. The standard InChI is InChI=1S/C12H21NS/c1-3-5-6-10(4-2)12(13)11-7-8-14-9-11/h7-10,12H,3-6,13H2,1-2H3. The van der Waals surface area contributed by atoms with Gasteiger partial charge in [0.1, 0.15) is 0 Å². The molecule has 0 aliphatic carbocycles. The lowest BCUT2D eigenvalue weighted by Gasteiger charge is -2.21. The highest BCUT2D eigenvalue weighted by Crippen LogP contribution is 2.27. The van der Waals surface area contributed by atoms with E-state index in [0.29, 0.717) is 5.92 Å². The summed E-state index contributed by atoms with van der Waals surface area (Å²) in [5.74, 6) is 0.657. The zero-order valence-corrected chi connectivity index (χ0v) is 10.0. The van der Waals surface area contributed by atoms with Gasteiger partial charge in [-0.3, -0.25) is 0 Å². The van der Waals surface area contributed by atoms with Crippen molar-refractivity contribution in [1.82, 2.24) is 0 Å². The third-order valence-electron chi connectivity index (χ3n) is 2.89. The first-order valence-electron chi connectivity index (χ1n) is 5.57. The second-order valence-electron chi connectivity index (χ2n) is 3.89. The van der Waals surface area contributed by atoms with Gasteiger partial charge in [-0.2, -0.15) is 11.3 Å². The van der Waals surface area contributed by atoms with E-state index in [2.05, 4.69) is 30.7 Å². The number of rotatable bonds is 6. The predicted octanol–water partition coefficient (Wildman–Crippen LogP) is 3.96. The maximum atomic E-state index is 6.24. The molecule has 2 unspecified atom stereocenters. The highest BCUT2D eigenvalue weighted by atomic mass is 32.1. The first-order chi connectivity index (χ1) is 6.79. The number of hydrogen-bond donors (Lipinski definition) is 1. The van der Waals surface area contributed by atoms with Crippen LogP contribution < -0.4 is 5.73 Å². The van der Waals surface area contributed by atoms with Crippen molar-refractivity contribution in [3.05, 3.63) is 22.4 Å². The van der Waals surface area contributed by atoms with E-state index in [1.807, 2.05) is 0 Å². The van der Waals surface area contributed by atoms with Crippen LogP contribution in [0.3, 0.4) is 0 Å². The first kappa shape index (κ1) is 11.7. The first-order valence-corrected chi connectivity index (χ1v) is 6.51. The van der Waals surface area contributed by atoms with Crippen molar-refractivity contribution in [2.45, 2.75) is 45.6 Å². The van der Waals surface area contributed by atoms with Gasteiger partial charge in [-0.25, -0.2) is 0 Å². The Hall–Kier alpha value is -0.340. The fourth-order valence-electron chi connectivity index (χ4n) is 1.84. The van der Waals surface area contributed by atoms with Crippen LogP contribution in [-0.2, 0) is 0 Å². The Labute approximate surface area is 91.3 Å². The minimum atomic E-state index is 0.248. The summed E-state index contributed by atoms with van der Waals surface area (Å²) in [6.45, 7) is 4.48. The largest absolute Gasteiger partial charge is 0.324 e. The van der Waals surface area contributed by atoms with Crippen molar-refractivity contribution < 1.29 is 0 Å². The van der Waals surface area contributed by atoms with Gasteiger partial charge in [0.2, 0.25) is 0 Å². The van der Waals surface area contributed by atoms with Crippen LogP contribution in [0.25, 0.3) is 0 Å². The van der Waals surface area contributed by atoms with E-state index in [1.54, 1.807) is 11.3 Å². The quantitative estimate of drug-likeness (QED) is 0.757. The topological polar surface area (TPSA) is 26.0 Å². The SMILES string of the molecule is CCCCC(CC)C(N)c1ccsc1. The molecule has 0 aliphatic rings. The molecule has 1 rings (SSSR count). The second-order valence-corrected chi connectivity index (χ2v) is 4.67. The zero-order valence-electron chi connectivity index (χ0n) is 9.20. The van der Waals surface area contributed by atoms with Gasteiger partial charge in [0.05, 0.1) is 0 Å². The van der Waals surface area contributed by atoms with E-state index < -0.39 is 0 Å². The fraction of sp³-hybridized carbons (Fsp3) is 0.667. The van der Waals surface area contributed by atoms with Crippen LogP contribution in [0.5, 0.6) is 0 Å². The highest BCUT2D eigenvalue weighted by molar-refractivity contribution is 7.07. The summed E-state index contributed by atoms with van der Waals surface area (Å²) in [6.07, 6.45) is 5.03. The van der Waals surface area contributed by atoms with Crippen molar-refractivity contribution in [1.29, 1.82) is 0 Å². The van der Waals surface area contributed by atoms with E-state index in [0.717, 1.165) is 0 Å². The molecule has 1 heterocycles. The molecule has 0 fully saturated rings. The summed E-state index contributed by atoms with van der Waals surface area (Å²) in [6, 6.07) is 2.40. The molecule has 2 heteroatoms. The molecular weight excluding hydrogens is 190 g/mol. The molecule has 2 atom stereocenters. The Balaban J connectivity index is 2.51. The van der Waals surface area contributed by atoms with Crippen LogP contribution in [0.2, 0.25) is 0 Å². The van der Waals surface area contributed by atoms with Gasteiger partial charge < -0.3 is 5.73 Å². The normalized spacial score (nSPS) is 15.4. The maximum Gasteiger partial charge on any atom is 0.0331 e. The van der Waals surface area contributed by atoms with E-state index in [9.17, 15) is 0 Å². The fourth-order valence-corrected chi connectivity index (χ4v) is 2.55. The van der Waals surface area contributed by atoms with E-state index in [1.165, 1.54) is 31.2 Å². The summed E-state index contributed by atoms with van der Waals surface area (Å²) in [4.78, 5) is 0. The minimum absolute atomic E-state index is 0.248. The third-order valence-corrected chi connectivity index (χ3v) is 3.59. The van der Waals surface area contributed by atoms with Crippen LogP contribution in [0.1, 0.15) is 51.1 Å². The summed E-state index contributed by atoms with van der Waals surface area (Å²) >= 11 is 1.74. The lowest BCUT2D eigenvalue weighted by Crippen LogP contribution is -2.20. The molecule has 0 saturated heterocycles. The van der Waals surface area contributed by atoms with Gasteiger partial charge in [0.25, 0.3) is 0 Å². The van der Waals surface area contributed by atoms with Crippen LogP contribution in [0.4, 0.5) is 0 Å². The Bertz CT molecular complexity index is 230. The number of thiophene rings is 1. The van der Waals surface area contributed by atoms with E-state index in [4.69, 9.17) is 5.73 Å². The van der Waals surface area contributed by atoms with E-state index in [-0.39, 0.29) is 6.04 Å². The Morgan fingerprint density at radius 3 is 2.71 bits per heavy atom. The molecule has 1 aromatic rings. The molecule has 80 valence electrons. The average molecular weight is 211 g/mol. The summed E-state index contributed by atoms with van der Waals surface area (Å²) in [5, 5.41) is 4.29. The molecule has 0 saturated carbocycles. The van der Waals surface area contributed by atoms with Crippen LogP contribution in [0, 0.1) is 5.92 Å². The van der Waals surface area contributed by atoms with Gasteiger partial charge in [-0.15, -0.1) is 0 Å². The Kier molecular flexibility index (Phi) is 5.20. The molecule has 2 N–H and O–H groups in total. The van der Waals surface area contributed by atoms with Crippen LogP contribution in [-0.4, -0.2) is 0 Å². The molecule has 0 spiro atoms. The van der Waals surface area contributed by atoms with Gasteiger partial charge in [-0.1, -0.05) is 33.1 Å². The summed E-state index contributed by atoms with van der Waals surface area (Å²) in [5.41, 5.74) is 7.56.